The first kappa shape index (κ1) is 17.9. The third-order valence-corrected chi connectivity index (χ3v) is 7.38. The molecule has 6 atom stereocenters. The van der Waals surface area contributed by atoms with Gasteiger partial charge in [0.15, 0.2) is 0 Å². The van der Waals surface area contributed by atoms with Gasteiger partial charge in [-0.05, 0) is 72.6 Å². The Balaban J connectivity index is 1.28. The highest BCUT2D eigenvalue weighted by atomic mass is 35.5. The number of carbonyl (C=O) groups is 3. The van der Waals surface area contributed by atoms with Crippen molar-refractivity contribution >= 4 is 40.7 Å². The van der Waals surface area contributed by atoms with E-state index in [9.17, 15) is 14.4 Å². The summed E-state index contributed by atoms with van der Waals surface area (Å²) in [6.07, 6.45) is 5.45. The third kappa shape index (κ3) is 2.51. The van der Waals surface area contributed by atoms with E-state index < -0.39 is 0 Å². The maximum Gasteiger partial charge on any atom is 0.255 e. The maximum absolute atomic E-state index is 13.3. The summed E-state index contributed by atoms with van der Waals surface area (Å²) < 4.78 is 0. The summed E-state index contributed by atoms with van der Waals surface area (Å²) in [7, 11) is 0. The van der Waals surface area contributed by atoms with Gasteiger partial charge in [-0.15, -0.1) is 0 Å². The highest BCUT2D eigenvalue weighted by Gasteiger charge is 2.67. The van der Waals surface area contributed by atoms with Crippen LogP contribution >= 0.6 is 11.6 Å². The number of hydrogen-bond acceptors (Lipinski definition) is 3. The molecule has 2 aromatic carbocycles. The van der Waals surface area contributed by atoms with Gasteiger partial charge in [0, 0.05) is 16.3 Å². The lowest BCUT2D eigenvalue weighted by Gasteiger charge is -2.37. The second-order valence-corrected chi connectivity index (χ2v) is 9.11. The Kier molecular flexibility index (Phi) is 3.75. The molecule has 7 rings (SSSR count). The zero-order chi connectivity index (χ0) is 20.6. The average Bonchev–Trinajstić information content (AvgIpc) is 3.53. The molecule has 0 radical (unpaired) electrons. The number of hydrogen-bond donors (Lipinski definition) is 1. The summed E-state index contributed by atoms with van der Waals surface area (Å²) in [5.74, 6) is 0.453. The van der Waals surface area contributed by atoms with Crippen LogP contribution in [0, 0.1) is 35.5 Å². The molecular weight excluding hydrogens is 400 g/mol. The smallest absolute Gasteiger partial charge is 0.255 e. The van der Waals surface area contributed by atoms with Crippen molar-refractivity contribution in [3.8, 4) is 0 Å². The van der Waals surface area contributed by atoms with Crippen LogP contribution in [0.15, 0.2) is 60.7 Å². The first-order valence-electron chi connectivity index (χ1n) is 10.3. The fraction of sp³-hybridized carbons (Fsp3) is 0.292. The summed E-state index contributed by atoms with van der Waals surface area (Å²) in [4.78, 5) is 40.5. The maximum atomic E-state index is 13.3. The number of halogens is 1. The summed E-state index contributed by atoms with van der Waals surface area (Å²) in [5, 5.41) is 3.40. The standard InChI is InChI=1S/C24H19ClN2O3/c25-13-4-6-14(7-5-13)26-22(28)12-2-1-3-15(10-12)27-23(29)20-16-8-9-17(19-11-18(16)19)21(20)24(27)30/h1-10,16-21H,11H2,(H,26,28)/t16-,17-,18-,19+,20-,21+/m0/s1. The zero-order valence-corrected chi connectivity index (χ0v) is 16.8. The summed E-state index contributed by atoms with van der Waals surface area (Å²) in [6.45, 7) is 0. The minimum atomic E-state index is -0.307. The molecule has 3 amide bonds. The Bertz CT molecular complexity index is 1090. The highest BCUT2D eigenvalue weighted by Crippen LogP contribution is 2.65. The fourth-order valence-corrected chi connectivity index (χ4v) is 5.86. The molecule has 0 spiro atoms. The van der Waals surface area contributed by atoms with Crippen molar-refractivity contribution in [3.63, 3.8) is 0 Å². The van der Waals surface area contributed by atoms with Gasteiger partial charge in [0.1, 0.15) is 0 Å². The molecule has 150 valence electrons. The zero-order valence-electron chi connectivity index (χ0n) is 16.0. The van der Waals surface area contributed by atoms with Crippen LogP contribution in [0.1, 0.15) is 16.8 Å². The molecule has 5 aliphatic rings. The van der Waals surface area contributed by atoms with E-state index in [2.05, 4.69) is 17.5 Å². The van der Waals surface area contributed by atoms with Gasteiger partial charge in [0.25, 0.3) is 5.91 Å². The number of allylic oxidation sites excluding steroid dienone is 2. The molecule has 2 aromatic rings. The molecule has 3 fully saturated rings. The topological polar surface area (TPSA) is 66.5 Å². The van der Waals surface area contributed by atoms with Crippen LogP contribution in [0.25, 0.3) is 0 Å². The number of rotatable bonds is 3. The molecule has 6 heteroatoms. The van der Waals surface area contributed by atoms with E-state index in [0.29, 0.717) is 33.8 Å². The van der Waals surface area contributed by atoms with Crippen LogP contribution in [0.4, 0.5) is 11.4 Å². The Morgan fingerprint density at radius 1 is 0.933 bits per heavy atom. The molecule has 0 aromatic heterocycles. The first-order valence-corrected chi connectivity index (χ1v) is 10.6. The van der Waals surface area contributed by atoms with E-state index in [1.807, 2.05) is 0 Å². The number of amides is 3. The van der Waals surface area contributed by atoms with E-state index in [1.165, 1.54) is 4.90 Å². The van der Waals surface area contributed by atoms with Crippen molar-refractivity contribution in [3.05, 3.63) is 71.3 Å². The van der Waals surface area contributed by atoms with Gasteiger partial charge in [-0.3, -0.25) is 14.4 Å². The average molecular weight is 419 g/mol. The normalized spacial score (nSPS) is 32.8. The second-order valence-electron chi connectivity index (χ2n) is 8.68. The molecule has 1 aliphatic heterocycles. The highest BCUT2D eigenvalue weighted by molar-refractivity contribution is 6.30. The first-order chi connectivity index (χ1) is 14.5. The molecule has 1 heterocycles. The van der Waals surface area contributed by atoms with Gasteiger partial charge in [0.2, 0.25) is 11.8 Å². The van der Waals surface area contributed by atoms with Crippen molar-refractivity contribution in [2.24, 2.45) is 35.5 Å². The summed E-state index contributed by atoms with van der Waals surface area (Å²) in [6, 6.07) is 13.6. The Hall–Kier alpha value is -2.92. The predicted octanol–water partition coefficient (Wildman–Crippen LogP) is 4.15. The lowest BCUT2D eigenvalue weighted by atomic mass is 9.63. The SMILES string of the molecule is O=C(Nc1ccc(Cl)cc1)c1cccc(N2C(=O)[C@@H]3[C@H]4C=C[C@@H]([C@@H]5C[C@H]45)[C@@H]3C2=O)c1. The van der Waals surface area contributed by atoms with Crippen LogP contribution in [0.2, 0.25) is 5.02 Å². The van der Waals surface area contributed by atoms with E-state index in [-0.39, 0.29) is 41.4 Å². The summed E-state index contributed by atoms with van der Waals surface area (Å²) >= 11 is 5.89. The van der Waals surface area contributed by atoms with E-state index in [4.69, 9.17) is 11.6 Å². The van der Waals surface area contributed by atoms with Gasteiger partial charge in [-0.1, -0.05) is 29.8 Å². The molecule has 4 aliphatic carbocycles. The lowest BCUT2D eigenvalue weighted by molar-refractivity contribution is -0.124. The van der Waals surface area contributed by atoms with E-state index in [1.54, 1.807) is 48.5 Å². The summed E-state index contributed by atoms with van der Waals surface area (Å²) in [5.41, 5.74) is 1.48. The van der Waals surface area contributed by atoms with Gasteiger partial charge >= 0.3 is 0 Å². The molecule has 1 N–H and O–H groups in total. The molecular formula is C24H19ClN2O3. The van der Waals surface area contributed by atoms with Crippen molar-refractivity contribution in [1.29, 1.82) is 0 Å². The minimum absolute atomic E-state index is 0.120. The largest absolute Gasteiger partial charge is 0.322 e. The minimum Gasteiger partial charge on any atom is -0.322 e. The lowest BCUT2D eigenvalue weighted by Crippen LogP contribution is -2.40. The number of nitrogens with zero attached hydrogens (tertiary/aromatic N) is 1. The quantitative estimate of drug-likeness (QED) is 0.601. The number of carbonyl (C=O) groups excluding carboxylic acids is 3. The predicted molar refractivity (Wildman–Crippen MR) is 113 cm³/mol. The van der Waals surface area contributed by atoms with E-state index in [0.717, 1.165) is 6.42 Å². The number of benzene rings is 2. The van der Waals surface area contributed by atoms with Gasteiger partial charge < -0.3 is 5.32 Å². The third-order valence-electron chi connectivity index (χ3n) is 7.13. The Labute approximate surface area is 178 Å². The number of anilines is 2. The van der Waals surface area contributed by atoms with Crippen LogP contribution < -0.4 is 10.2 Å². The van der Waals surface area contributed by atoms with Crippen molar-refractivity contribution in [2.45, 2.75) is 6.42 Å². The van der Waals surface area contributed by atoms with Crippen LogP contribution in [0.3, 0.4) is 0 Å². The number of nitrogens with one attached hydrogen (secondary N) is 1. The van der Waals surface area contributed by atoms with Crippen molar-refractivity contribution in [2.75, 3.05) is 10.2 Å². The molecule has 2 saturated carbocycles. The van der Waals surface area contributed by atoms with Gasteiger partial charge in [-0.2, -0.15) is 0 Å². The fourth-order valence-electron chi connectivity index (χ4n) is 5.73. The molecule has 1 saturated heterocycles. The number of imide groups is 1. The molecule has 2 bridgehead atoms. The van der Waals surface area contributed by atoms with Gasteiger partial charge in [0.05, 0.1) is 17.5 Å². The Morgan fingerprint density at radius 3 is 2.20 bits per heavy atom. The van der Waals surface area contributed by atoms with Crippen LogP contribution in [0.5, 0.6) is 0 Å². The monoisotopic (exact) mass is 418 g/mol. The molecule has 30 heavy (non-hydrogen) atoms. The van der Waals surface area contributed by atoms with Gasteiger partial charge in [-0.25, -0.2) is 4.90 Å². The van der Waals surface area contributed by atoms with Crippen molar-refractivity contribution < 1.29 is 14.4 Å². The van der Waals surface area contributed by atoms with E-state index >= 15 is 0 Å². The van der Waals surface area contributed by atoms with Crippen LogP contribution in [-0.4, -0.2) is 17.7 Å². The molecule has 0 unspecified atom stereocenters. The molecule has 5 nitrogen and oxygen atoms in total. The van der Waals surface area contributed by atoms with Crippen LogP contribution in [-0.2, 0) is 9.59 Å². The second kappa shape index (κ2) is 6.29. The Morgan fingerprint density at radius 2 is 1.57 bits per heavy atom. The van der Waals surface area contributed by atoms with Crippen molar-refractivity contribution in [1.82, 2.24) is 0 Å².